The number of nitrogens with one attached hydrogen (secondary N) is 1. The van der Waals surface area contributed by atoms with Gasteiger partial charge in [0.15, 0.2) is 0 Å². The summed E-state index contributed by atoms with van der Waals surface area (Å²) in [5.74, 6) is 0.533. The first kappa shape index (κ1) is 23.2. The normalized spacial score (nSPS) is 16.6. The van der Waals surface area contributed by atoms with E-state index < -0.39 is 10.0 Å². The minimum Gasteiger partial charge on any atom is -0.497 e. The Kier molecular flexibility index (Phi) is 7.69. The monoisotopic (exact) mass is 445 g/mol. The molecule has 1 fully saturated rings. The standard InChI is InChI=1S/C23H31N3O4S/c1-4-22(19-9-11-21(30-3)12-10-19)24-23(27)20-7-5-18(6-8-20)17-31(28,29)26-15-13-25(2)14-16-26/h5-12,22H,4,13-17H2,1-3H3,(H,24,27). The molecule has 0 aromatic heterocycles. The van der Waals surface area contributed by atoms with Gasteiger partial charge in [0.1, 0.15) is 5.75 Å². The first-order chi connectivity index (χ1) is 14.8. The topological polar surface area (TPSA) is 79.0 Å². The minimum atomic E-state index is -3.36. The molecule has 1 aliphatic rings. The lowest BCUT2D eigenvalue weighted by atomic mass is 10.0. The predicted octanol–water partition coefficient (Wildman–Crippen LogP) is 2.65. The molecule has 0 aliphatic carbocycles. The van der Waals surface area contributed by atoms with Gasteiger partial charge in [0, 0.05) is 31.7 Å². The molecule has 1 saturated heterocycles. The summed E-state index contributed by atoms with van der Waals surface area (Å²) < 4.78 is 32.1. The van der Waals surface area contributed by atoms with Crippen LogP contribution < -0.4 is 10.1 Å². The van der Waals surface area contributed by atoms with Crippen LogP contribution in [0.2, 0.25) is 0 Å². The second-order valence-corrected chi connectivity index (χ2v) is 9.83. The van der Waals surface area contributed by atoms with Crippen molar-refractivity contribution >= 4 is 15.9 Å². The van der Waals surface area contributed by atoms with Gasteiger partial charge in [0.25, 0.3) is 5.91 Å². The van der Waals surface area contributed by atoms with Crippen LogP contribution in [-0.2, 0) is 15.8 Å². The minimum absolute atomic E-state index is 0.0535. The van der Waals surface area contributed by atoms with Crippen molar-refractivity contribution in [3.63, 3.8) is 0 Å². The fraction of sp³-hybridized carbons (Fsp3) is 0.435. The van der Waals surface area contributed by atoms with Crippen molar-refractivity contribution < 1.29 is 17.9 Å². The maximum absolute atomic E-state index is 12.7. The highest BCUT2D eigenvalue weighted by Crippen LogP contribution is 2.21. The molecule has 1 amide bonds. The van der Waals surface area contributed by atoms with Gasteiger partial charge in [0.05, 0.1) is 18.9 Å². The van der Waals surface area contributed by atoms with E-state index in [1.54, 1.807) is 35.7 Å². The number of methoxy groups -OCH3 is 1. The molecule has 168 valence electrons. The molecule has 1 N–H and O–H groups in total. The lowest BCUT2D eigenvalue weighted by molar-refractivity contribution is 0.0935. The summed E-state index contributed by atoms with van der Waals surface area (Å²) >= 11 is 0. The number of carbonyl (C=O) groups excluding carboxylic acids is 1. The van der Waals surface area contributed by atoms with Crippen LogP contribution in [0, 0.1) is 0 Å². The fourth-order valence-corrected chi connectivity index (χ4v) is 5.14. The number of hydrogen-bond donors (Lipinski definition) is 1. The van der Waals surface area contributed by atoms with Gasteiger partial charge in [-0.2, -0.15) is 4.31 Å². The molecule has 31 heavy (non-hydrogen) atoms. The third-order valence-corrected chi connectivity index (χ3v) is 7.50. The molecular weight excluding hydrogens is 414 g/mol. The van der Waals surface area contributed by atoms with Crippen molar-refractivity contribution in [1.29, 1.82) is 0 Å². The molecular formula is C23H31N3O4S. The SMILES string of the molecule is CCC(NC(=O)c1ccc(CS(=O)(=O)N2CCN(C)CC2)cc1)c1ccc(OC)cc1. The zero-order chi connectivity index (χ0) is 22.4. The van der Waals surface area contributed by atoms with Crippen molar-refractivity contribution in [3.05, 3.63) is 65.2 Å². The molecule has 1 atom stereocenters. The van der Waals surface area contributed by atoms with Gasteiger partial charge in [-0.25, -0.2) is 8.42 Å². The van der Waals surface area contributed by atoms with Crippen LogP contribution in [0.1, 0.15) is 40.9 Å². The third kappa shape index (κ3) is 6.06. The molecule has 2 aromatic rings. The number of likely N-dealkylation sites (N-methyl/N-ethyl adjacent to an activating group) is 1. The number of carbonyl (C=O) groups is 1. The van der Waals surface area contributed by atoms with E-state index in [0.717, 1.165) is 30.8 Å². The van der Waals surface area contributed by atoms with E-state index in [-0.39, 0.29) is 17.7 Å². The molecule has 0 radical (unpaired) electrons. The summed E-state index contributed by atoms with van der Waals surface area (Å²) in [6.45, 7) is 4.53. The van der Waals surface area contributed by atoms with E-state index in [4.69, 9.17) is 4.74 Å². The highest BCUT2D eigenvalue weighted by Gasteiger charge is 2.26. The Morgan fingerprint density at radius 3 is 2.19 bits per heavy atom. The Morgan fingerprint density at radius 2 is 1.65 bits per heavy atom. The molecule has 8 heteroatoms. The summed E-state index contributed by atoms with van der Waals surface area (Å²) in [7, 11) is 0.249. The third-order valence-electron chi connectivity index (χ3n) is 5.65. The van der Waals surface area contributed by atoms with E-state index in [1.165, 1.54) is 0 Å². The highest BCUT2D eigenvalue weighted by atomic mass is 32.2. The molecule has 1 heterocycles. The largest absolute Gasteiger partial charge is 0.497 e. The summed E-state index contributed by atoms with van der Waals surface area (Å²) in [6.07, 6.45) is 0.749. The van der Waals surface area contributed by atoms with Crippen molar-refractivity contribution in [3.8, 4) is 5.75 Å². The van der Waals surface area contributed by atoms with Crippen LogP contribution >= 0.6 is 0 Å². The van der Waals surface area contributed by atoms with E-state index in [0.29, 0.717) is 24.2 Å². The van der Waals surface area contributed by atoms with E-state index in [1.807, 2.05) is 38.2 Å². The van der Waals surface area contributed by atoms with Crippen molar-refractivity contribution in [2.24, 2.45) is 0 Å². The maximum atomic E-state index is 12.7. The number of nitrogens with zero attached hydrogens (tertiary/aromatic N) is 2. The van der Waals surface area contributed by atoms with Crippen LogP contribution in [0.15, 0.2) is 48.5 Å². The summed E-state index contributed by atoms with van der Waals surface area (Å²) in [4.78, 5) is 14.8. The van der Waals surface area contributed by atoms with Crippen LogP contribution in [0.4, 0.5) is 0 Å². The van der Waals surface area contributed by atoms with Gasteiger partial charge in [0.2, 0.25) is 10.0 Å². The van der Waals surface area contributed by atoms with Gasteiger partial charge >= 0.3 is 0 Å². The van der Waals surface area contributed by atoms with Crippen LogP contribution in [0.3, 0.4) is 0 Å². The quantitative estimate of drug-likeness (QED) is 0.676. The first-order valence-electron chi connectivity index (χ1n) is 10.5. The van der Waals surface area contributed by atoms with E-state index in [9.17, 15) is 13.2 Å². The smallest absolute Gasteiger partial charge is 0.251 e. The number of rotatable bonds is 8. The fourth-order valence-electron chi connectivity index (χ4n) is 3.62. The Balaban J connectivity index is 1.62. The number of amides is 1. The molecule has 1 unspecified atom stereocenters. The Labute approximate surface area is 185 Å². The Bertz CT molecular complexity index is 967. The second-order valence-electron chi connectivity index (χ2n) is 7.86. The first-order valence-corrected chi connectivity index (χ1v) is 12.1. The van der Waals surface area contributed by atoms with Crippen LogP contribution in [-0.4, -0.2) is 63.9 Å². The highest BCUT2D eigenvalue weighted by molar-refractivity contribution is 7.88. The number of hydrogen-bond acceptors (Lipinski definition) is 5. The molecule has 1 aliphatic heterocycles. The van der Waals surface area contributed by atoms with E-state index >= 15 is 0 Å². The van der Waals surface area contributed by atoms with Gasteiger partial charge in [-0.1, -0.05) is 31.2 Å². The van der Waals surface area contributed by atoms with Crippen LogP contribution in [0.5, 0.6) is 5.75 Å². The summed E-state index contributed by atoms with van der Waals surface area (Å²) in [6, 6.07) is 14.3. The van der Waals surface area contributed by atoms with Gasteiger partial charge in [-0.3, -0.25) is 4.79 Å². The zero-order valence-corrected chi connectivity index (χ0v) is 19.2. The lowest BCUT2D eigenvalue weighted by Gasteiger charge is -2.31. The average molecular weight is 446 g/mol. The van der Waals surface area contributed by atoms with Crippen molar-refractivity contribution in [1.82, 2.24) is 14.5 Å². The maximum Gasteiger partial charge on any atom is 0.251 e. The Hall–Kier alpha value is -2.42. The molecule has 0 spiro atoms. The second kappa shape index (κ2) is 10.3. The van der Waals surface area contributed by atoms with Gasteiger partial charge < -0.3 is 15.0 Å². The summed E-state index contributed by atoms with van der Waals surface area (Å²) in [5.41, 5.74) is 2.19. The molecule has 2 aromatic carbocycles. The Morgan fingerprint density at radius 1 is 1.03 bits per heavy atom. The summed E-state index contributed by atoms with van der Waals surface area (Å²) in [5, 5.41) is 3.05. The molecule has 3 rings (SSSR count). The van der Waals surface area contributed by atoms with Crippen LogP contribution in [0.25, 0.3) is 0 Å². The van der Waals surface area contributed by atoms with E-state index in [2.05, 4.69) is 10.2 Å². The number of ether oxygens (including phenoxy) is 1. The average Bonchev–Trinajstić information content (AvgIpc) is 2.78. The molecule has 0 bridgehead atoms. The predicted molar refractivity (Wildman–Crippen MR) is 122 cm³/mol. The van der Waals surface area contributed by atoms with Crippen molar-refractivity contribution in [2.75, 3.05) is 40.3 Å². The number of piperazine rings is 1. The molecule has 7 nitrogen and oxygen atoms in total. The number of sulfonamides is 1. The molecule has 0 saturated carbocycles. The number of benzene rings is 2. The van der Waals surface area contributed by atoms with Gasteiger partial charge in [-0.05, 0) is 48.9 Å². The van der Waals surface area contributed by atoms with Crippen molar-refractivity contribution in [2.45, 2.75) is 25.1 Å². The van der Waals surface area contributed by atoms with Gasteiger partial charge in [-0.15, -0.1) is 0 Å². The lowest BCUT2D eigenvalue weighted by Crippen LogP contribution is -2.47. The zero-order valence-electron chi connectivity index (χ0n) is 18.4.